The Morgan fingerprint density at radius 3 is 2.59 bits per heavy atom. The van der Waals surface area contributed by atoms with Gasteiger partial charge >= 0.3 is 5.97 Å². The van der Waals surface area contributed by atoms with Crippen LogP contribution in [0, 0.1) is 66.0 Å². The van der Waals surface area contributed by atoms with Crippen molar-refractivity contribution >= 4 is 23.0 Å². The quantitative estimate of drug-likeness (QED) is 0.320. The van der Waals surface area contributed by atoms with Gasteiger partial charge in [-0.05, 0) is 30.9 Å². The summed E-state index contributed by atoms with van der Waals surface area (Å²) < 4.78 is 10.6. The summed E-state index contributed by atoms with van der Waals surface area (Å²) in [6.07, 6.45) is 5.13. The first kappa shape index (κ1) is 28.8. The second kappa shape index (κ2) is 16.6. The van der Waals surface area contributed by atoms with Gasteiger partial charge in [-0.25, -0.2) is 11.3 Å². The molecule has 0 saturated heterocycles. The van der Waals surface area contributed by atoms with Gasteiger partial charge in [0.05, 0.1) is 18.7 Å². The van der Waals surface area contributed by atoms with E-state index in [1.165, 1.54) is 11.3 Å². The molecule has 0 fully saturated rings. The van der Waals surface area contributed by atoms with E-state index < -0.39 is 0 Å². The van der Waals surface area contributed by atoms with Crippen LogP contribution in [0.15, 0.2) is 33.7 Å². The summed E-state index contributed by atoms with van der Waals surface area (Å²) in [6.45, 7) is 10.6. The number of esters is 1. The monoisotopic (exact) mass is 552 g/mol. The summed E-state index contributed by atoms with van der Waals surface area (Å²) in [5, 5.41) is 0. The van der Waals surface area contributed by atoms with Crippen LogP contribution in [0.4, 0.5) is 5.69 Å². The molecule has 0 bridgehead atoms. The molecule has 0 radical (unpaired) electrons. The van der Waals surface area contributed by atoms with Crippen molar-refractivity contribution in [3.8, 4) is 0 Å². The van der Waals surface area contributed by atoms with E-state index in [1.807, 2.05) is 45.0 Å². The Kier molecular flexibility index (Phi) is 17.7. The molecule has 1 aromatic heterocycles. The molecule has 4 nitrogen and oxygen atoms in total. The maximum absolute atomic E-state index is 12.0. The molecular weight excluding hydrogens is 519 g/mol. The second-order valence-corrected chi connectivity index (χ2v) is 6.79. The number of nitrogens with zero attached hydrogens (tertiary/aromatic N) is 1. The van der Waals surface area contributed by atoms with Crippen LogP contribution in [0.1, 0.15) is 58.4 Å². The third kappa shape index (κ3) is 11.3. The van der Waals surface area contributed by atoms with Crippen LogP contribution in [-0.2, 0) is 16.0 Å². The Morgan fingerprint density at radius 2 is 2.00 bits per heavy atom. The van der Waals surface area contributed by atoms with Crippen LogP contribution in [0.25, 0.3) is 0 Å². The molecule has 1 heterocycles. The van der Waals surface area contributed by atoms with Crippen LogP contribution < -0.4 is 4.87 Å². The van der Waals surface area contributed by atoms with E-state index in [9.17, 15) is 4.79 Å². The Balaban J connectivity index is 0. The van der Waals surface area contributed by atoms with E-state index in [2.05, 4.69) is 25.1 Å². The predicted molar refractivity (Wildman–Crippen MR) is 109 cm³/mol. The molecule has 2 aromatic rings. The topological polar surface area (TPSA) is 51.8 Å². The van der Waals surface area contributed by atoms with Crippen molar-refractivity contribution in [3.63, 3.8) is 0 Å². The normalized spacial score (nSPS) is 11.4. The zero-order chi connectivity index (χ0) is 18.7. The summed E-state index contributed by atoms with van der Waals surface area (Å²) in [5.41, 5.74) is 1.56. The molecule has 0 spiro atoms. The largest absolute Gasteiger partial charge is 0.621 e. The Hall–Kier alpha value is -0.361. The summed E-state index contributed by atoms with van der Waals surface area (Å²) in [4.78, 5) is 18.0. The van der Waals surface area contributed by atoms with Gasteiger partial charge in [-0.2, -0.15) is 0 Å². The van der Waals surface area contributed by atoms with Gasteiger partial charge in [0.2, 0.25) is 0 Å². The molecule has 160 valence electrons. The minimum Gasteiger partial charge on any atom is -0.621 e. The van der Waals surface area contributed by atoms with Crippen LogP contribution in [0.3, 0.4) is 0 Å². The number of hydrogen-bond acceptors (Lipinski definition) is 5. The minimum absolute atomic E-state index is 0. The average Bonchev–Trinajstić information content (AvgIpc) is 3.02. The number of para-hydroxylation sites is 1. The molecular formula is C21H32NO3SYb-. The molecule has 0 aliphatic rings. The maximum Gasteiger partial charge on any atom is 0.310 e. The zero-order valence-electron chi connectivity index (χ0n) is 16.1. The molecule has 1 unspecified atom stereocenters. The third-order valence-electron chi connectivity index (χ3n) is 3.37. The van der Waals surface area contributed by atoms with Crippen molar-refractivity contribution in [2.24, 2.45) is 10.9 Å². The van der Waals surface area contributed by atoms with E-state index in [0.29, 0.717) is 17.4 Å². The summed E-state index contributed by atoms with van der Waals surface area (Å²) in [5.74, 6) is 0.175. The first-order valence-electron chi connectivity index (χ1n) is 8.85. The van der Waals surface area contributed by atoms with Crippen LogP contribution in [0.2, 0.25) is 0 Å². The molecule has 0 N–H and O–H groups in total. The first-order chi connectivity index (χ1) is 12.1. The van der Waals surface area contributed by atoms with Crippen molar-refractivity contribution in [1.82, 2.24) is 0 Å². The van der Waals surface area contributed by atoms with Crippen molar-refractivity contribution in [1.29, 1.82) is 0 Å². The number of rotatable bonds is 7. The van der Waals surface area contributed by atoms with E-state index in [1.54, 1.807) is 0 Å². The SMILES string of the molecule is C.CC.CCCC(C)COC(=O)Cc1ccccc1N=c1o[c-]c(C)s1.[Yb]. The minimum atomic E-state index is -0.221. The van der Waals surface area contributed by atoms with E-state index in [4.69, 9.17) is 9.15 Å². The molecule has 0 aliphatic heterocycles. The van der Waals surface area contributed by atoms with Gasteiger partial charge in [0, 0.05) is 46.9 Å². The summed E-state index contributed by atoms with van der Waals surface area (Å²) >= 11 is 1.42. The number of carbonyl (C=O) groups excluding carboxylic acids is 1. The molecule has 6 heteroatoms. The fourth-order valence-corrected chi connectivity index (χ4v) is 2.79. The summed E-state index contributed by atoms with van der Waals surface area (Å²) in [7, 11) is 0. The van der Waals surface area contributed by atoms with Crippen LogP contribution in [0.5, 0.6) is 0 Å². The van der Waals surface area contributed by atoms with E-state index in [-0.39, 0.29) is 66.7 Å². The van der Waals surface area contributed by atoms with E-state index in [0.717, 1.165) is 29.0 Å². The number of aryl methyl sites for hydroxylation is 1. The third-order valence-corrected chi connectivity index (χ3v) is 4.11. The fraction of sp³-hybridized carbons (Fsp3) is 0.524. The standard InChI is InChI=1S/C18H22NO3S.C2H6.CH4.Yb/c1-4-7-13(2)11-21-17(20)10-15-8-5-6-9-16(15)19-18-22-12-14(3)23-18;1-2;;/h5-6,8-9,13H,4,7,10-11H2,1-3H3;1-2H3;1H4;/q-1;;;. The van der Waals surface area contributed by atoms with Crippen molar-refractivity contribution < 1.29 is 60.9 Å². The van der Waals surface area contributed by atoms with Crippen LogP contribution >= 0.6 is 11.3 Å². The Bertz CT molecular complexity index is 709. The van der Waals surface area contributed by atoms with Gasteiger partial charge in [0.25, 0.3) is 0 Å². The number of carbonyl (C=O) groups is 1. The first-order valence-corrected chi connectivity index (χ1v) is 9.66. The molecule has 1 atom stereocenters. The van der Waals surface area contributed by atoms with E-state index >= 15 is 0 Å². The predicted octanol–water partition coefficient (Wildman–Crippen LogP) is 5.87. The van der Waals surface area contributed by atoms with Crippen molar-refractivity contribution in [3.05, 3.63) is 45.8 Å². The van der Waals surface area contributed by atoms with Gasteiger partial charge in [-0.15, -0.1) is 0 Å². The fourth-order valence-electron chi connectivity index (χ4n) is 2.22. The molecule has 2 rings (SSSR count). The van der Waals surface area contributed by atoms with Crippen LogP contribution in [-0.4, -0.2) is 12.6 Å². The number of ether oxygens (including phenoxy) is 1. The molecule has 1 aromatic carbocycles. The summed E-state index contributed by atoms with van der Waals surface area (Å²) in [6, 6.07) is 7.54. The molecule has 0 saturated carbocycles. The second-order valence-electron chi connectivity index (χ2n) is 5.62. The van der Waals surface area contributed by atoms with Crippen molar-refractivity contribution in [2.75, 3.05) is 6.61 Å². The smallest absolute Gasteiger partial charge is 0.310 e. The van der Waals surface area contributed by atoms with Gasteiger partial charge in [-0.3, -0.25) is 9.79 Å². The maximum atomic E-state index is 12.0. The zero-order valence-corrected chi connectivity index (χ0v) is 18.6. The van der Waals surface area contributed by atoms with Gasteiger partial charge in [0.1, 0.15) is 4.87 Å². The average molecular weight is 552 g/mol. The Morgan fingerprint density at radius 1 is 1.33 bits per heavy atom. The Labute approximate surface area is 206 Å². The number of hydrogen-bond donors (Lipinski definition) is 0. The molecule has 27 heavy (non-hydrogen) atoms. The van der Waals surface area contributed by atoms with Gasteiger partial charge in [-0.1, -0.05) is 70.9 Å². The molecule has 0 aliphatic carbocycles. The van der Waals surface area contributed by atoms with Crippen molar-refractivity contribution in [2.45, 2.75) is 61.3 Å². The number of benzene rings is 1. The van der Waals surface area contributed by atoms with Gasteiger partial charge in [0.15, 0.2) is 0 Å². The molecule has 0 amide bonds. The van der Waals surface area contributed by atoms with Gasteiger partial charge < -0.3 is 9.15 Å².